The fourth-order valence-electron chi connectivity index (χ4n) is 1.62. The molecule has 0 unspecified atom stereocenters. The highest BCUT2D eigenvalue weighted by Crippen LogP contribution is 2.26. The molecule has 0 saturated heterocycles. The lowest BCUT2D eigenvalue weighted by Gasteiger charge is -1.99. The monoisotopic (exact) mass is 340 g/mol. The summed E-state index contributed by atoms with van der Waals surface area (Å²) < 4.78 is 41.5. The van der Waals surface area contributed by atoms with Gasteiger partial charge in [0.2, 0.25) is 11.8 Å². The van der Waals surface area contributed by atoms with Crippen molar-refractivity contribution in [1.82, 2.24) is 15.2 Å². The van der Waals surface area contributed by atoms with Crippen LogP contribution in [0.15, 0.2) is 30.3 Å². The van der Waals surface area contributed by atoms with E-state index in [-0.39, 0.29) is 0 Å². The van der Waals surface area contributed by atoms with Crippen molar-refractivity contribution in [2.75, 3.05) is 12.4 Å². The fourth-order valence-corrected chi connectivity index (χ4v) is 1.62. The van der Waals surface area contributed by atoms with E-state index in [9.17, 15) is 22.8 Å². The van der Waals surface area contributed by atoms with Crippen molar-refractivity contribution in [3.05, 3.63) is 47.3 Å². The number of carbonyl (C=O) groups is 2. The molecule has 1 aromatic heterocycles. The van der Waals surface area contributed by atoms with Gasteiger partial charge in [-0.25, -0.2) is 4.79 Å². The molecule has 1 amide bonds. The third-order valence-corrected chi connectivity index (χ3v) is 2.75. The molecule has 10 heteroatoms. The lowest BCUT2D eigenvalue weighted by atomic mass is 10.1. The van der Waals surface area contributed by atoms with E-state index >= 15 is 0 Å². The normalized spacial score (nSPS) is 11.5. The Bertz CT molecular complexity index is 766. The van der Waals surface area contributed by atoms with Gasteiger partial charge in [-0.2, -0.15) is 18.2 Å². The van der Waals surface area contributed by atoms with Crippen LogP contribution in [0.5, 0.6) is 0 Å². The van der Waals surface area contributed by atoms with E-state index in [4.69, 9.17) is 0 Å². The van der Waals surface area contributed by atoms with Gasteiger partial charge in [0, 0.05) is 6.08 Å². The highest BCUT2D eigenvalue weighted by Gasteiger charge is 2.35. The Kier molecular flexibility index (Phi) is 4.97. The van der Waals surface area contributed by atoms with Gasteiger partial charge in [-0.15, -0.1) is 5.10 Å². The maximum absolute atomic E-state index is 12.3. The molecular formula is C14H11F3N4O3. The molecule has 0 bridgehead atoms. The molecule has 0 aliphatic carbocycles. The molecule has 0 aliphatic heterocycles. The largest absolute Gasteiger partial charge is 0.465 e. The first kappa shape index (κ1) is 17.2. The number of alkyl halides is 3. The van der Waals surface area contributed by atoms with Crippen LogP contribution in [-0.2, 0) is 15.7 Å². The van der Waals surface area contributed by atoms with E-state index in [0.717, 1.165) is 6.08 Å². The maximum atomic E-state index is 12.3. The smallest absolute Gasteiger partial charge is 0.451 e. The molecule has 24 heavy (non-hydrogen) atoms. The number of aromatic amines is 1. The summed E-state index contributed by atoms with van der Waals surface area (Å²) in [5.41, 5.74) is 0.947. The van der Waals surface area contributed by atoms with Crippen LogP contribution in [0.4, 0.5) is 19.1 Å². The summed E-state index contributed by atoms with van der Waals surface area (Å²) in [4.78, 5) is 26.0. The number of nitrogens with one attached hydrogen (secondary N) is 2. The average molecular weight is 340 g/mol. The quantitative estimate of drug-likeness (QED) is 0.657. The van der Waals surface area contributed by atoms with Crippen LogP contribution in [-0.4, -0.2) is 34.2 Å². The number of carbonyl (C=O) groups excluding carboxylic acids is 2. The number of benzene rings is 1. The summed E-state index contributed by atoms with van der Waals surface area (Å²) in [6.07, 6.45) is -2.17. The van der Waals surface area contributed by atoms with Crippen molar-refractivity contribution in [2.45, 2.75) is 6.18 Å². The topological polar surface area (TPSA) is 97.0 Å². The Morgan fingerprint density at radius 3 is 2.46 bits per heavy atom. The van der Waals surface area contributed by atoms with Crippen LogP contribution >= 0.6 is 0 Å². The highest BCUT2D eigenvalue weighted by molar-refractivity contribution is 6.01. The number of hydrogen-bond acceptors (Lipinski definition) is 5. The minimum atomic E-state index is -4.67. The number of rotatable bonds is 4. The zero-order valence-electron chi connectivity index (χ0n) is 12.2. The Balaban J connectivity index is 1.98. The summed E-state index contributed by atoms with van der Waals surface area (Å²) in [7, 11) is 1.26. The van der Waals surface area contributed by atoms with Gasteiger partial charge < -0.3 is 4.74 Å². The van der Waals surface area contributed by atoms with Gasteiger partial charge in [0.05, 0.1) is 12.7 Å². The SMILES string of the molecule is COC(=O)c1ccc(/C=C/C(=O)Nc2n[nH]c(C(F)(F)F)n2)cc1. The number of aromatic nitrogens is 3. The predicted molar refractivity (Wildman–Crippen MR) is 76.8 cm³/mol. The average Bonchev–Trinajstić information content (AvgIpc) is 3.01. The molecule has 0 spiro atoms. The van der Waals surface area contributed by atoms with Crippen LogP contribution in [0.1, 0.15) is 21.7 Å². The summed E-state index contributed by atoms with van der Waals surface area (Å²) in [6, 6.07) is 6.16. The third-order valence-electron chi connectivity index (χ3n) is 2.75. The summed E-state index contributed by atoms with van der Waals surface area (Å²) in [6.45, 7) is 0. The second-order valence-corrected chi connectivity index (χ2v) is 4.44. The first-order chi connectivity index (χ1) is 11.3. The molecule has 1 aromatic carbocycles. The van der Waals surface area contributed by atoms with Crippen LogP contribution in [0.2, 0.25) is 0 Å². The lowest BCUT2D eigenvalue weighted by molar-refractivity contribution is -0.144. The number of esters is 1. The Hall–Kier alpha value is -3.17. The highest BCUT2D eigenvalue weighted by atomic mass is 19.4. The van der Waals surface area contributed by atoms with E-state index in [0.29, 0.717) is 11.1 Å². The van der Waals surface area contributed by atoms with Crippen LogP contribution in [0.3, 0.4) is 0 Å². The number of halogens is 3. The zero-order chi connectivity index (χ0) is 17.7. The van der Waals surface area contributed by atoms with Crippen molar-refractivity contribution in [3.8, 4) is 0 Å². The molecule has 2 N–H and O–H groups in total. The van der Waals surface area contributed by atoms with E-state index in [1.807, 2.05) is 0 Å². The van der Waals surface area contributed by atoms with Crippen molar-refractivity contribution in [2.24, 2.45) is 0 Å². The van der Waals surface area contributed by atoms with E-state index < -0.39 is 29.8 Å². The summed E-state index contributed by atoms with van der Waals surface area (Å²) in [5, 5.41) is 7.01. The second kappa shape index (κ2) is 6.94. The number of H-pyrrole nitrogens is 1. The Labute approximate surface area is 133 Å². The summed E-state index contributed by atoms with van der Waals surface area (Å²) in [5.74, 6) is -2.99. The number of methoxy groups -OCH3 is 1. The summed E-state index contributed by atoms with van der Waals surface area (Å²) >= 11 is 0. The first-order valence-electron chi connectivity index (χ1n) is 6.46. The zero-order valence-corrected chi connectivity index (χ0v) is 12.2. The Morgan fingerprint density at radius 2 is 1.92 bits per heavy atom. The van der Waals surface area contributed by atoms with E-state index in [1.54, 1.807) is 17.2 Å². The maximum Gasteiger partial charge on any atom is 0.451 e. The second-order valence-electron chi connectivity index (χ2n) is 4.44. The van der Waals surface area contributed by atoms with Gasteiger partial charge in [-0.05, 0) is 23.8 Å². The molecule has 0 aliphatic rings. The van der Waals surface area contributed by atoms with Gasteiger partial charge in [0.25, 0.3) is 5.91 Å². The number of anilines is 1. The minimum Gasteiger partial charge on any atom is -0.465 e. The van der Waals surface area contributed by atoms with Crippen molar-refractivity contribution in [3.63, 3.8) is 0 Å². The molecule has 0 saturated carbocycles. The molecule has 0 radical (unpaired) electrons. The van der Waals surface area contributed by atoms with Crippen molar-refractivity contribution in [1.29, 1.82) is 0 Å². The molecule has 0 fully saturated rings. The van der Waals surface area contributed by atoms with Gasteiger partial charge >= 0.3 is 12.1 Å². The molecule has 2 rings (SSSR count). The molecule has 1 heterocycles. The van der Waals surface area contributed by atoms with Crippen LogP contribution in [0.25, 0.3) is 6.08 Å². The van der Waals surface area contributed by atoms with Crippen LogP contribution < -0.4 is 5.32 Å². The fraction of sp³-hybridized carbons (Fsp3) is 0.143. The van der Waals surface area contributed by atoms with Crippen molar-refractivity contribution < 1.29 is 27.5 Å². The number of hydrogen-bond donors (Lipinski definition) is 2. The van der Waals surface area contributed by atoms with Gasteiger partial charge in [0.15, 0.2) is 0 Å². The number of ether oxygens (including phenoxy) is 1. The number of amides is 1. The number of nitrogens with zero attached hydrogens (tertiary/aromatic N) is 2. The molecule has 2 aromatic rings. The Morgan fingerprint density at radius 1 is 1.25 bits per heavy atom. The minimum absolute atomic E-state index is 0.347. The first-order valence-corrected chi connectivity index (χ1v) is 6.46. The van der Waals surface area contributed by atoms with Gasteiger partial charge in [-0.3, -0.25) is 15.2 Å². The van der Waals surface area contributed by atoms with Crippen molar-refractivity contribution >= 4 is 23.9 Å². The van der Waals surface area contributed by atoms with E-state index in [1.165, 1.54) is 25.3 Å². The van der Waals surface area contributed by atoms with E-state index in [2.05, 4.69) is 20.1 Å². The molecule has 126 valence electrons. The predicted octanol–water partition coefficient (Wildman–Crippen LogP) is 2.26. The van der Waals surface area contributed by atoms with Gasteiger partial charge in [0.1, 0.15) is 0 Å². The molecule has 7 nitrogen and oxygen atoms in total. The van der Waals surface area contributed by atoms with Gasteiger partial charge in [-0.1, -0.05) is 12.1 Å². The standard InChI is InChI=1S/C14H11F3N4O3/c1-24-11(23)9-5-2-8(3-6-9)4-7-10(22)18-13-19-12(20-21-13)14(15,16)17/h2-7H,1H3,(H2,18,19,20,21,22)/b7-4+. The molecule has 0 atom stereocenters. The lowest BCUT2D eigenvalue weighted by Crippen LogP contribution is -2.10. The van der Waals surface area contributed by atoms with Crippen LogP contribution in [0, 0.1) is 0 Å². The third kappa shape index (κ3) is 4.41. The molecular weight excluding hydrogens is 329 g/mol.